The molecule has 2 aliphatic heterocycles. The van der Waals surface area contributed by atoms with Crippen LogP contribution in [-0.2, 0) is 22.4 Å². The summed E-state index contributed by atoms with van der Waals surface area (Å²) in [6.07, 6.45) is 20.3. The highest BCUT2D eigenvalue weighted by atomic mass is 19.1. The predicted octanol–water partition coefficient (Wildman–Crippen LogP) is 9.18. The number of ether oxygens (including phenoxy) is 1. The minimum atomic E-state index is -0.788. The average molecular weight is 656 g/mol. The fourth-order valence-corrected chi connectivity index (χ4v) is 8.40. The molecule has 0 amide bonds. The summed E-state index contributed by atoms with van der Waals surface area (Å²) in [6.45, 7) is 7.62. The Bertz CT molecular complexity index is 1500. The second-order valence-corrected chi connectivity index (χ2v) is 14.2. The van der Waals surface area contributed by atoms with Crippen LogP contribution in [0.4, 0.5) is 4.39 Å². The van der Waals surface area contributed by atoms with Gasteiger partial charge in [0.05, 0.1) is 19.1 Å². The average Bonchev–Trinajstić information content (AvgIpc) is 3.67. The van der Waals surface area contributed by atoms with E-state index in [1.54, 1.807) is 6.92 Å². The van der Waals surface area contributed by atoms with Crippen LogP contribution in [0.1, 0.15) is 99.8 Å². The van der Waals surface area contributed by atoms with E-state index in [0.29, 0.717) is 25.1 Å². The van der Waals surface area contributed by atoms with Crippen LogP contribution in [-0.4, -0.2) is 47.5 Å². The van der Waals surface area contributed by atoms with Crippen LogP contribution < -0.4 is 4.74 Å². The van der Waals surface area contributed by atoms with Crippen molar-refractivity contribution in [1.82, 2.24) is 4.90 Å². The first-order chi connectivity index (χ1) is 23.3. The first kappa shape index (κ1) is 35.8. The van der Waals surface area contributed by atoms with Crippen molar-refractivity contribution in [3.8, 4) is 5.75 Å². The largest absolute Gasteiger partial charge is 0.493 e. The summed E-state index contributed by atoms with van der Waals surface area (Å²) in [4.78, 5) is 29.9. The molecule has 258 valence electrons. The molecule has 5 rings (SSSR count). The third kappa shape index (κ3) is 8.93. The van der Waals surface area contributed by atoms with Crippen LogP contribution in [0.5, 0.6) is 5.75 Å². The maximum atomic E-state index is 14.5. The molecule has 0 spiro atoms. The van der Waals surface area contributed by atoms with Gasteiger partial charge in [0.25, 0.3) is 0 Å². The molecule has 3 aliphatic rings. The zero-order chi connectivity index (χ0) is 34.0. The van der Waals surface area contributed by atoms with E-state index in [2.05, 4.69) is 49.1 Å². The number of nitrogens with zero attached hydrogens (tertiary/aromatic N) is 1. The summed E-state index contributed by atoms with van der Waals surface area (Å²) in [6, 6.07) is 11.2. The number of likely N-dealkylation sites (tertiary alicyclic amines) is 1. The van der Waals surface area contributed by atoms with Gasteiger partial charge in [0.1, 0.15) is 17.3 Å². The molecule has 0 saturated carbocycles. The minimum absolute atomic E-state index is 0.124. The van der Waals surface area contributed by atoms with Crippen molar-refractivity contribution in [1.29, 1.82) is 0 Å². The smallest absolute Gasteiger partial charge is 0.308 e. The lowest BCUT2D eigenvalue weighted by Crippen LogP contribution is -2.41. The van der Waals surface area contributed by atoms with Gasteiger partial charge in [-0.05, 0) is 85.8 Å². The third-order valence-corrected chi connectivity index (χ3v) is 10.9. The van der Waals surface area contributed by atoms with Gasteiger partial charge in [0.2, 0.25) is 0 Å². The highest BCUT2D eigenvalue weighted by Crippen LogP contribution is 2.42. The predicted molar refractivity (Wildman–Crippen MR) is 191 cm³/mol. The van der Waals surface area contributed by atoms with Gasteiger partial charge in [0.15, 0.2) is 0 Å². The summed E-state index contributed by atoms with van der Waals surface area (Å²) in [7, 11) is 0. The van der Waals surface area contributed by atoms with E-state index in [0.717, 1.165) is 86.6 Å². The molecule has 2 aromatic carbocycles. The lowest BCUT2D eigenvalue weighted by molar-refractivity contribution is -0.143. The van der Waals surface area contributed by atoms with Gasteiger partial charge < -0.3 is 9.84 Å². The SMILES string of the molecule is CCCC(CCC)C(CCc1ccc(F)c(C)c1)C(=O)CN1C[C@H](c2ccc3c(c2)CCO3)[C@@H](C(=O)O)[C@@H]1CC/C1=C/C=C\C=C/CC1. The molecule has 0 aromatic heterocycles. The van der Waals surface area contributed by atoms with Crippen LogP contribution in [0, 0.1) is 30.5 Å². The molecular formula is C42H54FNO4. The molecule has 5 nitrogen and oxygen atoms in total. The number of hydrogen-bond donors (Lipinski definition) is 1. The number of aryl methyl sites for hydroxylation is 2. The van der Waals surface area contributed by atoms with E-state index in [1.807, 2.05) is 30.3 Å². The van der Waals surface area contributed by atoms with Gasteiger partial charge >= 0.3 is 5.97 Å². The number of benzene rings is 2. The Morgan fingerprint density at radius 1 is 1.00 bits per heavy atom. The first-order valence-electron chi connectivity index (χ1n) is 18.3. The number of ketones is 1. The van der Waals surface area contributed by atoms with Crippen molar-refractivity contribution in [2.24, 2.45) is 17.8 Å². The quantitative estimate of drug-likeness (QED) is 0.195. The lowest BCUT2D eigenvalue weighted by Gasteiger charge is -2.31. The van der Waals surface area contributed by atoms with Crippen LogP contribution in [0.3, 0.4) is 0 Å². The molecule has 6 heteroatoms. The van der Waals surface area contributed by atoms with Gasteiger partial charge in [-0.15, -0.1) is 0 Å². The number of hydrogen-bond acceptors (Lipinski definition) is 4. The number of fused-ring (bicyclic) bond motifs is 1. The number of aliphatic carboxylic acids is 1. The normalized spacial score (nSPS) is 23.9. The molecule has 0 bridgehead atoms. The maximum absolute atomic E-state index is 14.5. The van der Waals surface area contributed by atoms with Gasteiger partial charge in [-0.25, -0.2) is 4.39 Å². The molecular weight excluding hydrogens is 601 g/mol. The Balaban J connectivity index is 1.42. The van der Waals surface area contributed by atoms with Crippen molar-refractivity contribution >= 4 is 11.8 Å². The highest BCUT2D eigenvalue weighted by Gasteiger charge is 2.47. The maximum Gasteiger partial charge on any atom is 0.308 e. The second-order valence-electron chi connectivity index (χ2n) is 14.2. The number of carbonyl (C=O) groups is 2. The lowest BCUT2D eigenvalue weighted by atomic mass is 9.78. The molecule has 1 fully saturated rings. The first-order valence-corrected chi connectivity index (χ1v) is 18.3. The number of carboxylic acid groups (broad SMARTS) is 1. The van der Waals surface area contributed by atoms with Gasteiger partial charge in [-0.3, -0.25) is 14.5 Å². The van der Waals surface area contributed by atoms with E-state index in [9.17, 15) is 19.1 Å². The minimum Gasteiger partial charge on any atom is -0.493 e. The van der Waals surface area contributed by atoms with Crippen LogP contribution in [0.2, 0.25) is 0 Å². The highest BCUT2D eigenvalue weighted by molar-refractivity contribution is 5.83. The standard InChI is InChI=1S/C42H54FNO4/c1-4-11-32(12-5-2)35(19-15-31-16-20-37(43)29(3)25-31)39(45)28-44-27-36(33-18-22-40-34(26-33)23-24-48-40)41(42(46)47)38(44)21-17-30-13-9-7-6-8-10-14-30/h6-9,13,16,18,20,22,25-26,32,35-36,38,41H,4-5,10-12,14-15,17,19,21,23-24,27-28H2,1-3H3,(H,46,47)/b8-6-,9-7-,30-13+/t35?,36-,38+,41-/m1/s1. The molecule has 2 heterocycles. The zero-order valence-corrected chi connectivity index (χ0v) is 29.1. The molecule has 1 unspecified atom stereocenters. The molecule has 4 atom stereocenters. The van der Waals surface area contributed by atoms with Crippen LogP contribution >= 0.6 is 0 Å². The van der Waals surface area contributed by atoms with Gasteiger partial charge in [-0.2, -0.15) is 0 Å². The van der Waals surface area contributed by atoms with E-state index in [-0.39, 0.29) is 41.9 Å². The Morgan fingerprint density at radius 2 is 1.81 bits per heavy atom. The second kappa shape index (κ2) is 17.2. The zero-order valence-electron chi connectivity index (χ0n) is 29.1. The molecule has 1 N–H and O–H groups in total. The van der Waals surface area contributed by atoms with Crippen molar-refractivity contribution in [3.05, 3.63) is 100 Å². The van der Waals surface area contributed by atoms with Crippen LogP contribution in [0.25, 0.3) is 0 Å². The Kier molecular flexibility index (Phi) is 12.9. The van der Waals surface area contributed by atoms with Crippen LogP contribution in [0.15, 0.2) is 72.4 Å². The van der Waals surface area contributed by atoms with Gasteiger partial charge in [-0.1, -0.05) is 99.7 Å². The Hall–Kier alpha value is -3.51. The van der Waals surface area contributed by atoms with Crippen molar-refractivity contribution < 1.29 is 23.8 Å². The molecule has 0 radical (unpaired) electrons. The number of Topliss-reactive ketones (excluding diaryl/α,β-unsaturated/α-hetero) is 1. The summed E-state index contributed by atoms with van der Waals surface area (Å²) < 4.78 is 19.8. The van der Waals surface area contributed by atoms with E-state index in [4.69, 9.17) is 4.74 Å². The Morgan fingerprint density at radius 3 is 2.56 bits per heavy atom. The van der Waals surface area contributed by atoms with E-state index >= 15 is 0 Å². The molecule has 1 saturated heterocycles. The van der Waals surface area contributed by atoms with E-state index < -0.39 is 11.9 Å². The fourth-order valence-electron chi connectivity index (χ4n) is 8.40. The number of halogens is 1. The summed E-state index contributed by atoms with van der Waals surface area (Å²) in [5.74, 6) is -0.544. The third-order valence-electron chi connectivity index (χ3n) is 10.9. The monoisotopic (exact) mass is 655 g/mol. The molecule has 2 aromatic rings. The summed E-state index contributed by atoms with van der Waals surface area (Å²) in [5.41, 5.74) is 5.18. The fraction of sp³-hybridized carbons (Fsp3) is 0.524. The number of carbonyl (C=O) groups excluding carboxylic acids is 1. The van der Waals surface area contributed by atoms with Crippen molar-refractivity contribution in [3.63, 3.8) is 0 Å². The summed E-state index contributed by atoms with van der Waals surface area (Å²) in [5, 5.41) is 10.8. The number of allylic oxidation sites excluding steroid dienone is 6. The number of rotatable bonds is 16. The summed E-state index contributed by atoms with van der Waals surface area (Å²) >= 11 is 0. The van der Waals surface area contributed by atoms with Gasteiger partial charge in [0, 0.05) is 30.8 Å². The number of carboxylic acids is 1. The molecule has 1 aliphatic carbocycles. The van der Waals surface area contributed by atoms with Crippen molar-refractivity contribution in [2.45, 2.75) is 103 Å². The Labute approximate surface area is 287 Å². The topological polar surface area (TPSA) is 66.8 Å². The van der Waals surface area contributed by atoms with E-state index in [1.165, 1.54) is 11.6 Å². The van der Waals surface area contributed by atoms with Crippen molar-refractivity contribution in [2.75, 3.05) is 19.7 Å². The molecule has 48 heavy (non-hydrogen) atoms.